The highest BCUT2D eigenvalue weighted by Crippen LogP contribution is 2.15. The molecule has 2 aliphatic heterocycles. The van der Waals surface area contributed by atoms with Crippen molar-refractivity contribution in [3.05, 3.63) is 0 Å². The van der Waals surface area contributed by atoms with E-state index in [0.717, 1.165) is 0 Å². The summed E-state index contributed by atoms with van der Waals surface area (Å²) < 4.78 is 0. The third-order valence-corrected chi connectivity index (χ3v) is 2.52. The maximum Gasteiger partial charge on any atom is 0.191 e. The van der Waals surface area contributed by atoms with E-state index in [1.54, 1.807) is 0 Å². The highest BCUT2D eigenvalue weighted by Gasteiger charge is 2.26. The molecule has 0 aliphatic carbocycles. The Morgan fingerprint density at radius 1 is 1.50 bits per heavy atom. The van der Waals surface area contributed by atoms with Crippen LogP contribution in [0, 0.1) is 0 Å². The molecule has 0 radical (unpaired) electrons. The summed E-state index contributed by atoms with van der Waals surface area (Å²) in [5.41, 5.74) is 5.68. The van der Waals surface area contributed by atoms with Crippen LogP contribution in [0.5, 0.6) is 0 Å². The van der Waals surface area contributed by atoms with Gasteiger partial charge in [0.25, 0.3) is 0 Å². The predicted molar refractivity (Wildman–Crippen MR) is 58.3 cm³/mol. The molecule has 74 valence electrons. The van der Waals surface area contributed by atoms with Crippen molar-refractivity contribution in [2.45, 2.75) is 6.04 Å². The van der Waals surface area contributed by atoms with Crippen molar-refractivity contribution in [3.63, 3.8) is 0 Å². The Balaban J connectivity index is 2.14. The van der Waals surface area contributed by atoms with Crippen molar-refractivity contribution in [1.29, 1.82) is 0 Å². The molecule has 3 N–H and O–H groups in total. The SMILES string of the molecule is NC1=NC(SCCO)=NC2=NC=NC12. The van der Waals surface area contributed by atoms with Gasteiger partial charge in [-0.25, -0.2) is 15.0 Å². The van der Waals surface area contributed by atoms with E-state index >= 15 is 0 Å². The molecule has 2 rings (SSSR count). The second kappa shape index (κ2) is 3.89. The lowest BCUT2D eigenvalue weighted by molar-refractivity contribution is 0.323. The summed E-state index contributed by atoms with van der Waals surface area (Å²) in [7, 11) is 0. The monoisotopic (exact) mass is 211 g/mol. The van der Waals surface area contributed by atoms with Crippen LogP contribution >= 0.6 is 11.8 Å². The Labute approximate surface area is 84.8 Å². The first-order chi connectivity index (χ1) is 6.81. The van der Waals surface area contributed by atoms with Crippen LogP contribution in [0.2, 0.25) is 0 Å². The molecular weight excluding hydrogens is 202 g/mol. The molecule has 14 heavy (non-hydrogen) atoms. The zero-order chi connectivity index (χ0) is 9.97. The van der Waals surface area contributed by atoms with Gasteiger partial charge in [-0.1, -0.05) is 11.8 Å². The molecule has 0 aromatic rings. The molecule has 2 aliphatic rings. The number of aliphatic hydroxyl groups excluding tert-OH is 1. The molecule has 6 nitrogen and oxygen atoms in total. The summed E-state index contributed by atoms with van der Waals surface area (Å²) in [6.07, 6.45) is 1.44. The third-order valence-electron chi connectivity index (χ3n) is 1.69. The number of nitrogens with two attached hydrogens (primary N) is 1. The molecule has 0 saturated heterocycles. The van der Waals surface area contributed by atoms with Crippen LogP contribution in [0.25, 0.3) is 0 Å². The zero-order valence-electron chi connectivity index (χ0n) is 7.29. The van der Waals surface area contributed by atoms with Gasteiger partial charge in [-0.05, 0) is 0 Å². The highest BCUT2D eigenvalue weighted by atomic mass is 32.2. The first-order valence-electron chi connectivity index (χ1n) is 4.07. The van der Waals surface area contributed by atoms with Gasteiger partial charge < -0.3 is 10.8 Å². The first-order valence-corrected chi connectivity index (χ1v) is 5.05. The molecule has 0 aromatic carbocycles. The van der Waals surface area contributed by atoms with Crippen molar-refractivity contribution in [1.82, 2.24) is 0 Å². The molecule has 7 heteroatoms. The van der Waals surface area contributed by atoms with Gasteiger partial charge in [-0.3, -0.25) is 4.99 Å². The number of aliphatic hydroxyl groups is 1. The minimum absolute atomic E-state index is 0.0888. The van der Waals surface area contributed by atoms with E-state index in [-0.39, 0.29) is 12.6 Å². The molecule has 1 unspecified atom stereocenters. The van der Waals surface area contributed by atoms with E-state index in [2.05, 4.69) is 20.0 Å². The lowest BCUT2D eigenvalue weighted by Gasteiger charge is -2.13. The number of fused-ring (bicyclic) bond motifs is 1. The Hall–Kier alpha value is -1.21. The molecule has 0 amide bonds. The normalized spacial score (nSPS) is 24.1. The van der Waals surface area contributed by atoms with E-state index in [9.17, 15) is 0 Å². The Kier molecular flexibility index (Phi) is 2.60. The van der Waals surface area contributed by atoms with Gasteiger partial charge in [0.05, 0.1) is 6.61 Å². The van der Waals surface area contributed by atoms with E-state index in [1.165, 1.54) is 18.1 Å². The maximum atomic E-state index is 8.64. The fourth-order valence-corrected chi connectivity index (χ4v) is 1.69. The minimum atomic E-state index is -0.298. The van der Waals surface area contributed by atoms with Crippen molar-refractivity contribution in [2.75, 3.05) is 12.4 Å². The first kappa shape index (κ1) is 9.35. The fraction of sp³-hybridized carbons (Fsp3) is 0.429. The second-order valence-electron chi connectivity index (χ2n) is 2.66. The van der Waals surface area contributed by atoms with Crippen LogP contribution in [0.4, 0.5) is 0 Å². The van der Waals surface area contributed by atoms with Gasteiger partial charge in [-0.2, -0.15) is 0 Å². The summed E-state index contributed by atoms with van der Waals surface area (Å²) in [6.45, 7) is 0.0888. The second-order valence-corrected chi connectivity index (χ2v) is 3.72. The smallest absolute Gasteiger partial charge is 0.191 e. The summed E-state index contributed by atoms with van der Waals surface area (Å²) in [6, 6.07) is -0.298. The Bertz CT molecular complexity index is 359. The quantitative estimate of drug-likeness (QED) is 0.629. The molecule has 2 heterocycles. The molecule has 0 bridgehead atoms. The topological polar surface area (TPSA) is 95.7 Å². The third kappa shape index (κ3) is 1.68. The average Bonchev–Trinajstić information content (AvgIpc) is 2.63. The Morgan fingerprint density at radius 3 is 3.14 bits per heavy atom. The number of thioether (sulfide) groups is 1. The van der Waals surface area contributed by atoms with Crippen LogP contribution < -0.4 is 5.73 Å². The summed E-state index contributed by atoms with van der Waals surface area (Å²) in [5.74, 6) is 1.54. The number of nitrogens with zero attached hydrogens (tertiary/aromatic N) is 4. The van der Waals surface area contributed by atoms with Crippen LogP contribution in [0.3, 0.4) is 0 Å². The number of amidine groups is 3. The van der Waals surface area contributed by atoms with Crippen molar-refractivity contribution < 1.29 is 5.11 Å². The van der Waals surface area contributed by atoms with E-state index in [0.29, 0.717) is 22.6 Å². The van der Waals surface area contributed by atoms with Gasteiger partial charge in [-0.15, -0.1) is 0 Å². The van der Waals surface area contributed by atoms with Gasteiger partial charge >= 0.3 is 0 Å². The predicted octanol–water partition coefficient (Wildman–Crippen LogP) is -0.752. The standard InChI is InChI=1S/C7H9N5OS/c8-5-4-6(10-3-9-4)12-7(11-5)14-2-1-13/h3-4,13H,1-2H2,(H2,8,9,10,11,12). The summed E-state index contributed by atoms with van der Waals surface area (Å²) in [5, 5.41) is 9.18. The van der Waals surface area contributed by atoms with Crippen LogP contribution in [-0.4, -0.2) is 46.7 Å². The van der Waals surface area contributed by atoms with E-state index in [1.807, 2.05) is 0 Å². The fourth-order valence-electron chi connectivity index (χ4n) is 1.09. The zero-order valence-corrected chi connectivity index (χ0v) is 8.11. The molecule has 0 fully saturated rings. The number of hydrogen-bond donors (Lipinski definition) is 2. The molecule has 0 saturated carbocycles. The highest BCUT2D eigenvalue weighted by molar-refractivity contribution is 8.13. The van der Waals surface area contributed by atoms with Crippen molar-refractivity contribution in [3.8, 4) is 0 Å². The van der Waals surface area contributed by atoms with Crippen molar-refractivity contribution in [2.24, 2.45) is 25.7 Å². The Morgan fingerprint density at radius 2 is 2.36 bits per heavy atom. The van der Waals surface area contributed by atoms with Crippen LogP contribution in [-0.2, 0) is 0 Å². The number of hydrogen-bond acceptors (Lipinski definition) is 7. The minimum Gasteiger partial charge on any atom is -0.396 e. The van der Waals surface area contributed by atoms with Gasteiger partial charge in [0, 0.05) is 5.75 Å². The lowest BCUT2D eigenvalue weighted by Crippen LogP contribution is -2.35. The lowest BCUT2D eigenvalue weighted by atomic mass is 10.2. The van der Waals surface area contributed by atoms with Crippen LogP contribution in [0.15, 0.2) is 20.0 Å². The number of aliphatic imine (C=N–C) groups is 4. The summed E-state index contributed by atoms with van der Waals surface area (Å²) >= 11 is 1.35. The molecule has 0 spiro atoms. The van der Waals surface area contributed by atoms with Crippen LogP contribution in [0.1, 0.15) is 0 Å². The van der Waals surface area contributed by atoms with Crippen molar-refractivity contribution >= 4 is 34.9 Å². The molecule has 0 aromatic heterocycles. The maximum absolute atomic E-state index is 8.64. The van der Waals surface area contributed by atoms with Gasteiger partial charge in [0.15, 0.2) is 17.0 Å². The largest absolute Gasteiger partial charge is 0.396 e. The van der Waals surface area contributed by atoms with E-state index in [4.69, 9.17) is 10.8 Å². The average molecular weight is 211 g/mol. The van der Waals surface area contributed by atoms with E-state index < -0.39 is 0 Å². The number of rotatable bonds is 2. The van der Waals surface area contributed by atoms with Gasteiger partial charge in [0.2, 0.25) is 0 Å². The van der Waals surface area contributed by atoms with Gasteiger partial charge in [0.1, 0.15) is 12.2 Å². The molecule has 1 atom stereocenters. The molecular formula is C7H9N5OS. The summed E-state index contributed by atoms with van der Waals surface area (Å²) in [4.78, 5) is 16.2.